The number of hydrogen-bond acceptors (Lipinski definition) is 4. The third-order valence-corrected chi connectivity index (χ3v) is 3.78. The molecule has 0 aliphatic carbocycles. The number of rotatable bonds is 2. The number of carbonyl (C=O) groups excluding carboxylic acids is 1. The second-order valence-corrected chi connectivity index (χ2v) is 6.23. The van der Waals surface area contributed by atoms with Crippen LogP contribution in [-0.2, 0) is 0 Å². The number of fused-ring (bicyclic) bond motifs is 1. The average Bonchev–Trinajstić information content (AvgIpc) is 2.92. The van der Waals surface area contributed by atoms with Crippen LogP contribution >= 0.6 is 0 Å². The van der Waals surface area contributed by atoms with Crippen LogP contribution in [0.2, 0.25) is 0 Å². The Kier molecular flexibility index (Phi) is 3.24. The van der Waals surface area contributed by atoms with E-state index in [0.29, 0.717) is 11.7 Å². The van der Waals surface area contributed by atoms with E-state index in [9.17, 15) is 4.79 Å². The van der Waals surface area contributed by atoms with Crippen LogP contribution in [0, 0.1) is 0 Å². The molecule has 4 nitrogen and oxygen atoms in total. The molecule has 110 valence electrons. The average molecular weight is 285 g/mol. The number of furan rings is 1. The quantitative estimate of drug-likeness (QED) is 0.663. The Morgan fingerprint density at radius 2 is 2.19 bits per heavy atom. The van der Waals surface area contributed by atoms with Crippen LogP contribution in [0.4, 0.5) is 5.69 Å². The van der Waals surface area contributed by atoms with Gasteiger partial charge in [0.25, 0.3) is 0 Å². The van der Waals surface area contributed by atoms with Crippen molar-refractivity contribution in [2.45, 2.75) is 38.6 Å². The highest BCUT2D eigenvalue weighted by molar-refractivity contribution is 5.88. The Bertz CT molecular complexity index is 659. The van der Waals surface area contributed by atoms with Crippen LogP contribution in [0.15, 0.2) is 41.0 Å². The second-order valence-electron chi connectivity index (χ2n) is 6.23. The molecule has 0 radical (unpaired) electrons. The normalized spacial score (nSPS) is 19.5. The highest BCUT2D eigenvalue weighted by atomic mass is 16.5. The first-order valence-corrected chi connectivity index (χ1v) is 7.12. The first-order valence-electron chi connectivity index (χ1n) is 7.12. The van der Waals surface area contributed by atoms with Gasteiger partial charge in [0.05, 0.1) is 6.26 Å². The summed E-state index contributed by atoms with van der Waals surface area (Å²) in [4.78, 5) is 11.9. The van der Waals surface area contributed by atoms with Gasteiger partial charge in [0, 0.05) is 11.2 Å². The van der Waals surface area contributed by atoms with Crippen LogP contribution in [0.5, 0.6) is 5.75 Å². The maximum atomic E-state index is 11.9. The van der Waals surface area contributed by atoms with E-state index < -0.39 is 5.97 Å². The van der Waals surface area contributed by atoms with Gasteiger partial charge in [-0.2, -0.15) is 0 Å². The summed E-state index contributed by atoms with van der Waals surface area (Å²) in [6.45, 7) is 6.58. The summed E-state index contributed by atoms with van der Waals surface area (Å²) in [6.07, 6.45) is 2.49. The molecule has 1 aliphatic rings. The van der Waals surface area contributed by atoms with Crippen molar-refractivity contribution < 1.29 is 13.9 Å². The molecule has 2 heterocycles. The molecule has 0 amide bonds. The number of carbonyl (C=O) groups is 1. The Morgan fingerprint density at radius 3 is 2.90 bits per heavy atom. The highest BCUT2D eigenvalue weighted by Crippen LogP contribution is 2.40. The molecule has 1 aromatic heterocycles. The zero-order valence-electron chi connectivity index (χ0n) is 12.5. The lowest BCUT2D eigenvalue weighted by atomic mass is 9.82. The number of ether oxygens (including phenoxy) is 1. The Balaban J connectivity index is 1.83. The van der Waals surface area contributed by atoms with Crippen molar-refractivity contribution in [1.82, 2.24) is 0 Å². The third kappa shape index (κ3) is 2.79. The molecule has 0 spiro atoms. The maximum Gasteiger partial charge on any atom is 0.379 e. The second kappa shape index (κ2) is 4.95. The van der Waals surface area contributed by atoms with Crippen molar-refractivity contribution >= 4 is 11.7 Å². The molecule has 0 fully saturated rings. The van der Waals surface area contributed by atoms with Crippen molar-refractivity contribution in [3.05, 3.63) is 47.9 Å². The molecule has 0 saturated heterocycles. The van der Waals surface area contributed by atoms with Gasteiger partial charge in [-0.15, -0.1) is 0 Å². The number of hydrogen-bond donors (Lipinski definition) is 1. The number of esters is 1. The van der Waals surface area contributed by atoms with Gasteiger partial charge in [0.1, 0.15) is 5.75 Å². The lowest BCUT2D eigenvalue weighted by molar-refractivity contribution is 0.0701. The summed E-state index contributed by atoms with van der Waals surface area (Å²) in [6, 6.07) is 8.96. The number of anilines is 1. The molecule has 4 heteroatoms. The summed E-state index contributed by atoms with van der Waals surface area (Å²) in [7, 11) is 0. The van der Waals surface area contributed by atoms with Crippen molar-refractivity contribution in [2.75, 3.05) is 5.32 Å². The van der Waals surface area contributed by atoms with Gasteiger partial charge in [0.15, 0.2) is 0 Å². The van der Waals surface area contributed by atoms with Crippen LogP contribution in [0.25, 0.3) is 0 Å². The fourth-order valence-corrected chi connectivity index (χ4v) is 2.97. The van der Waals surface area contributed by atoms with Crippen molar-refractivity contribution in [2.24, 2.45) is 0 Å². The van der Waals surface area contributed by atoms with Gasteiger partial charge in [-0.3, -0.25) is 0 Å². The third-order valence-electron chi connectivity index (χ3n) is 3.78. The Hall–Kier alpha value is -2.23. The fraction of sp³-hybridized carbons (Fsp3) is 0.353. The first kappa shape index (κ1) is 13.7. The number of benzene rings is 1. The topological polar surface area (TPSA) is 51.5 Å². The van der Waals surface area contributed by atoms with Gasteiger partial charge in [0.2, 0.25) is 5.76 Å². The summed E-state index contributed by atoms with van der Waals surface area (Å²) in [5.41, 5.74) is 2.37. The molecular formula is C17H19NO3. The molecule has 2 aromatic rings. The van der Waals surface area contributed by atoms with E-state index in [0.717, 1.165) is 12.1 Å². The molecule has 1 N–H and O–H groups in total. The largest absolute Gasteiger partial charge is 0.457 e. The van der Waals surface area contributed by atoms with Gasteiger partial charge < -0.3 is 14.5 Å². The molecule has 1 atom stereocenters. The summed E-state index contributed by atoms with van der Waals surface area (Å²) < 4.78 is 10.4. The summed E-state index contributed by atoms with van der Waals surface area (Å²) in [5.74, 6) is 0.693. The SMILES string of the molecule is C[C@H]1CC(C)(C)Nc2ccc(OC(=O)c3ccco3)cc21. The standard InChI is InChI=1S/C17H19NO3/c1-11-10-17(2,3)18-14-7-6-12(9-13(11)14)21-16(19)15-5-4-8-20-15/h4-9,11,18H,10H2,1-3H3/t11-/m0/s1. The Morgan fingerprint density at radius 1 is 1.38 bits per heavy atom. The molecular weight excluding hydrogens is 266 g/mol. The van der Waals surface area contributed by atoms with Gasteiger partial charge in [-0.1, -0.05) is 6.92 Å². The predicted octanol–water partition coefficient (Wildman–Crippen LogP) is 4.20. The van der Waals surface area contributed by atoms with Crippen LogP contribution in [0.1, 0.15) is 49.2 Å². The zero-order chi connectivity index (χ0) is 15.0. The van der Waals surface area contributed by atoms with Gasteiger partial charge >= 0.3 is 5.97 Å². The van der Waals surface area contributed by atoms with Crippen molar-refractivity contribution in [3.63, 3.8) is 0 Å². The van der Waals surface area contributed by atoms with Crippen LogP contribution in [-0.4, -0.2) is 11.5 Å². The maximum absolute atomic E-state index is 11.9. The minimum atomic E-state index is -0.475. The molecule has 21 heavy (non-hydrogen) atoms. The molecule has 0 bridgehead atoms. The molecule has 0 saturated carbocycles. The minimum Gasteiger partial charge on any atom is -0.457 e. The summed E-state index contributed by atoms with van der Waals surface area (Å²) >= 11 is 0. The van der Waals surface area contributed by atoms with E-state index in [2.05, 4.69) is 26.1 Å². The van der Waals surface area contributed by atoms with E-state index >= 15 is 0 Å². The smallest absolute Gasteiger partial charge is 0.379 e. The highest BCUT2D eigenvalue weighted by Gasteiger charge is 2.29. The van der Waals surface area contributed by atoms with E-state index in [1.54, 1.807) is 18.2 Å². The van der Waals surface area contributed by atoms with Crippen LogP contribution in [0.3, 0.4) is 0 Å². The van der Waals surface area contributed by atoms with Crippen LogP contribution < -0.4 is 10.1 Å². The summed E-state index contributed by atoms with van der Waals surface area (Å²) in [5, 5.41) is 3.52. The van der Waals surface area contributed by atoms with Gasteiger partial charge in [-0.25, -0.2) is 4.79 Å². The van der Waals surface area contributed by atoms with E-state index in [1.807, 2.05) is 12.1 Å². The molecule has 3 rings (SSSR count). The zero-order valence-corrected chi connectivity index (χ0v) is 12.5. The fourth-order valence-electron chi connectivity index (χ4n) is 2.97. The van der Waals surface area contributed by atoms with E-state index in [-0.39, 0.29) is 11.3 Å². The van der Waals surface area contributed by atoms with Crippen molar-refractivity contribution in [3.8, 4) is 5.75 Å². The number of nitrogens with one attached hydrogen (secondary N) is 1. The lowest BCUT2D eigenvalue weighted by Crippen LogP contribution is -2.36. The predicted molar refractivity (Wildman–Crippen MR) is 80.8 cm³/mol. The van der Waals surface area contributed by atoms with E-state index in [1.165, 1.54) is 11.8 Å². The van der Waals surface area contributed by atoms with Gasteiger partial charge in [-0.05, 0) is 62.1 Å². The minimum absolute atomic E-state index is 0.0821. The van der Waals surface area contributed by atoms with Crippen molar-refractivity contribution in [1.29, 1.82) is 0 Å². The lowest BCUT2D eigenvalue weighted by Gasteiger charge is -2.37. The molecule has 0 unspecified atom stereocenters. The Labute approximate surface area is 124 Å². The molecule has 1 aromatic carbocycles. The van der Waals surface area contributed by atoms with E-state index in [4.69, 9.17) is 9.15 Å². The molecule has 1 aliphatic heterocycles. The first-order chi connectivity index (χ1) is 9.94. The monoisotopic (exact) mass is 285 g/mol.